The van der Waals surface area contributed by atoms with Crippen LogP contribution in [0.25, 0.3) is 5.57 Å². The molecule has 144 valence electrons. The highest BCUT2D eigenvalue weighted by Gasteiger charge is 2.19. The van der Waals surface area contributed by atoms with E-state index < -0.39 is 0 Å². The molecule has 1 atom stereocenters. The molecule has 1 unspecified atom stereocenters. The van der Waals surface area contributed by atoms with Gasteiger partial charge in [0.15, 0.2) is 0 Å². The standard InChI is InChI=1S/C24H30O3/c1-18(2)14-15-27-24(25)17-22(21-8-6-5-7-9-21)16-19(3)20-10-12-23(26-4)13-11-20/h5-13,18,22H,3,14-17H2,1-2,4H3. The highest BCUT2D eigenvalue weighted by molar-refractivity contribution is 5.72. The van der Waals surface area contributed by atoms with E-state index >= 15 is 0 Å². The number of hydrogen-bond acceptors (Lipinski definition) is 3. The summed E-state index contributed by atoms with van der Waals surface area (Å²) in [6.07, 6.45) is 1.95. The molecule has 0 radical (unpaired) electrons. The summed E-state index contributed by atoms with van der Waals surface area (Å²) in [5, 5.41) is 0. The minimum absolute atomic E-state index is 0.0485. The molecule has 0 fully saturated rings. The van der Waals surface area contributed by atoms with Gasteiger partial charge in [0.2, 0.25) is 0 Å². The average Bonchev–Trinajstić information content (AvgIpc) is 2.68. The van der Waals surface area contributed by atoms with Gasteiger partial charge in [-0.2, -0.15) is 0 Å². The van der Waals surface area contributed by atoms with Crippen LogP contribution in [0.1, 0.15) is 50.2 Å². The van der Waals surface area contributed by atoms with Gasteiger partial charge in [-0.05, 0) is 53.5 Å². The van der Waals surface area contributed by atoms with Crippen molar-refractivity contribution in [1.82, 2.24) is 0 Å². The van der Waals surface area contributed by atoms with E-state index in [9.17, 15) is 4.79 Å². The van der Waals surface area contributed by atoms with Crippen LogP contribution in [0.3, 0.4) is 0 Å². The Kier molecular flexibility index (Phi) is 8.12. The number of esters is 1. The molecule has 0 bridgehead atoms. The fourth-order valence-electron chi connectivity index (χ4n) is 2.94. The number of carbonyl (C=O) groups is 1. The second-order valence-electron chi connectivity index (χ2n) is 7.25. The number of ether oxygens (including phenoxy) is 2. The maximum atomic E-state index is 12.3. The van der Waals surface area contributed by atoms with Crippen LogP contribution in [0.4, 0.5) is 0 Å². The Morgan fingerprint density at radius 3 is 2.26 bits per heavy atom. The van der Waals surface area contributed by atoms with Gasteiger partial charge in [0, 0.05) is 0 Å². The van der Waals surface area contributed by atoms with Crippen molar-refractivity contribution in [1.29, 1.82) is 0 Å². The second-order valence-corrected chi connectivity index (χ2v) is 7.25. The van der Waals surface area contributed by atoms with Crippen molar-refractivity contribution in [2.75, 3.05) is 13.7 Å². The first-order chi connectivity index (χ1) is 13.0. The smallest absolute Gasteiger partial charge is 0.306 e. The van der Waals surface area contributed by atoms with Gasteiger partial charge in [-0.25, -0.2) is 0 Å². The topological polar surface area (TPSA) is 35.5 Å². The van der Waals surface area contributed by atoms with Crippen LogP contribution in [-0.2, 0) is 9.53 Å². The zero-order valence-corrected chi connectivity index (χ0v) is 16.6. The van der Waals surface area contributed by atoms with E-state index in [1.165, 1.54) is 0 Å². The molecule has 0 aliphatic heterocycles. The van der Waals surface area contributed by atoms with Crippen molar-refractivity contribution in [3.8, 4) is 5.75 Å². The summed E-state index contributed by atoms with van der Waals surface area (Å²) >= 11 is 0. The van der Waals surface area contributed by atoms with Crippen LogP contribution in [0, 0.1) is 5.92 Å². The van der Waals surface area contributed by atoms with E-state index in [1.54, 1.807) is 7.11 Å². The van der Waals surface area contributed by atoms with Gasteiger partial charge >= 0.3 is 5.97 Å². The summed E-state index contributed by atoms with van der Waals surface area (Å²) in [6, 6.07) is 18.0. The molecule has 0 aliphatic rings. The lowest BCUT2D eigenvalue weighted by Crippen LogP contribution is -2.13. The van der Waals surface area contributed by atoms with E-state index in [0.717, 1.165) is 28.9 Å². The van der Waals surface area contributed by atoms with Gasteiger partial charge in [-0.3, -0.25) is 4.79 Å². The zero-order chi connectivity index (χ0) is 19.6. The largest absolute Gasteiger partial charge is 0.497 e. The minimum atomic E-state index is -0.146. The van der Waals surface area contributed by atoms with Crippen molar-refractivity contribution in [2.45, 2.75) is 39.0 Å². The fourth-order valence-corrected chi connectivity index (χ4v) is 2.94. The van der Waals surface area contributed by atoms with Gasteiger partial charge in [0.05, 0.1) is 20.1 Å². The second kappa shape index (κ2) is 10.6. The quantitative estimate of drug-likeness (QED) is 0.494. The van der Waals surface area contributed by atoms with Crippen LogP contribution >= 0.6 is 0 Å². The summed E-state index contributed by atoms with van der Waals surface area (Å²) < 4.78 is 10.7. The predicted molar refractivity (Wildman–Crippen MR) is 111 cm³/mol. The van der Waals surface area contributed by atoms with E-state index in [1.807, 2.05) is 42.5 Å². The molecule has 0 saturated carbocycles. The molecule has 0 saturated heterocycles. The fraction of sp³-hybridized carbons (Fsp3) is 0.375. The maximum absolute atomic E-state index is 12.3. The Hall–Kier alpha value is -2.55. The summed E-state index contributed by atoms with van der Waals surface area (Å²) in [5.41, 5.74) is 3.19. The van der Waals surface area contributed by atoms with Crippen LogP contribution in [-0.4, -0.2) is 19.7 Å². The van der Waals surface area contributed by atoms with E-state index in [0.29, 0.717) is 25.4 Å². The first kappa shape index (κ1) is 20.8. The summed E-state index contributed by atoms with van der Waals surface area (Å²) in [6.45, 7) is 8.98. The SMILES string of the molecule is C=C(CC(CC(=O)OCCC(C)C)c1ccccc1)c1ccc(OC)cc1. The molecule has 0 aromatic heterocycles. The molecule has 2 rings (SSSR count). The monoisotopic (exact) mass is 366 g/mol. The molecule has 0 N–H and O–H groups in total. The first-order valence-electron chi connectivity index (χ1n) is 9.52. The number of benzene rings is 2. The van der Waals surface area contributed by atoms with Gasteiger partial charge in [0.25, 0.3) is 0 Å². The van der Waals surface area contributed by atoms with Crippen molar-refractivity contribution < 1.29 is 14.3 Å². The third kappa shape index (κ3) is 6.93. The first-order valence-corrected chi connectivity index (χ1v) is 9.52. The van der Waals surface area contributed by atoms with Gasteiger partial charge in [0.1, 0.15) is 5.75 Å². The Balaban J connectivity index is 2.05. The third-order valence-electron chi connectivity index (χ3n) is 4.63. The number of methoxy groups -OCH3 is 1. The van der Waals surface area contributed by atoms with Crippen LogP contribution in [0.2, 0.25) is 0 Å². The maximum Gasteiger partial charge on any atom is 0.306 e. The van der Waals surface area contributed by atoms with Crippen LogP contribution in [0.5, 0.6) is 5.75 Å². The highest BCUT2D eigenvalue weighted by Crippen LogP contribution is 2.31. The molecule has 27 heavy (non-hydrogen) atoms. The van der Waals surface area contributed by atoms with Gasteiger partial charge in [-0.15, -0.1) is 0 Å². The number of hydrogen-bond donors (Lipinski definition) is 0. The lowest BCUT2D eigenvalue weighted by atomic mass is 9.87. The van der Waals surface area contributed by atoms with Crippen LogP contribution < -0.4 is 4.74 Å². The summed E-state index contributed by atoms with van der Waals surface area (Å²) in [5.74, 6) is 1.25. The Morgan fingerprint density at radius 2 is 1.67 bits per heavy atom. The predicted octanol–water partition coefficient (Wildman–Crippen LogP) is 5.86. The summed E-state index contributed by atoms with van der Waals surface area (Å²) in [4.78, 5) is 12.3. The summed E-state index contributed by atoms with van der Waals surface area (Å²) in [7, 11) is 1.65. The molecule has 3 nitrogen and oxygen atoms in total. The molecule has 0 amide bonds. The number of carbonyl (C=O) groups excluding carboxylic acids is 1. The lowest BCUT2D eigenvalue weighted by molar-refractivity contribution is -0.144. The minimum Gasteiger partial charge on any atom is -0.497 e. The third-order valence-corrected chi connectivity index (χ3v) is 4.63. The highest BCUT2D eigenvalue weighted by atomic mass is 16.5. The van der Waals surface area contributed by atoms with E-state index in [2.05, 4.69) is 32.6 Å². The molecule has 0 heterocycles. The number of rotatable bonds is 10. The lowest BCUT2D eigenvalue weighted by Gasteiger charge is -2.19. The molecule has 2 aromatic rings. The average molecular weight is 367 g/mol. The zero-order valence-electron chi connectivity index (χ0n) is 16.6. The van der Waals surface area contributed by atoms with Crippen molar-refractivity contribution >= 4 is 11.5 Å². The van der Waals surface area contributed by atoms with Crippen molar-refractivity contribution in [3.63, 3.8) is 0 Å². The molecule has 3 heteroatoms. The van der Waals surface area contributed by atoms with E-state index in [-0.39, 0.29) is 11.9 Å². The molecular weight excluding hydrogens is 336 g/mol. The Labute approximate surface area is 163 Å². The molecule has 0 spiro atoms. The normalized spacial score (nSPS) is 11.9. The Morgan fingerprint density at radius 1 is 1.00 bits per heavy atom. The molecular formula is C24H30O3. The molecule has 2 aromatic carbocycles. The Bertz CT molecular complexity index is 717. The van der Waals surface area contributed by atoms with Gasteiger partial charge < -0.3 is 9.47 Å². The number of allylic oxidation sites excluding steroid dienone is 1. The van der Waals surface area contributed by atoms with Gasteiger partial charge in [-0.1, -0.05) is 62.9 Å². The van der Waals surface area contributed by atoms with Crippen molar-refractivity contribution in [3.05, 3.63) is 72.3 Å². The van der Waals surface area contributed by atoms with Crippen LogP contribution in [0.15, 0.2) is 61.2 Å². The van der Waals surface area contributed by atoms with E-state index in [4.69, 9.17) is 9.47 Å². The molecule has 0 aliphatic carbocycles. The van der Waals surface area contributed by atoms with Crippen molar-refractivity contribution in [2.24, 2.45) is 5.92 Å².